The van der Waals surface area contributed by atoms with Gasteiger partial charge in [-0.2, -0.15) is 0 Å². The summed E-state index contributed by atoms with van der Waals surface area (Å²) in [7, 11) is 0. The number of benzene rings is 1. The monoisotopic (exact) mass is 247 g/mol. The third kappa shape index (κ3) is 1.97. The van der Waals surface area contributed by atoms with Gasteiger partial charge < -0.3 is 15.2 Å². The highest BCUT2D eigenvalue weighted by Gasteiger charge is 2.20. The minimum absolute atomic E-state index is 0.208. The summed E-state index contributed by atoms with van der Waals surface area (Å²) >= 11 is 0. The Morgan fingerprint density at radius 3 is 3.06 bits per heavy atom. The minimum Gasteiger partial charge on any atom is -0.363 e. The fraction of sp³-hybridized carbons (Fsp3) is 0.308. The second-order valence-corrected chi connectivity index (χ2v) is 4.43. The van der Waals surface area contributed by atoms with E-state index in [1.165, 1.54) is 11.6 Å². The maximum absolute atomic E-state index is 13.3. The van der Waals surface area contributed by atoms with Gasteiger partial charge in [0.05, 0.1) is 12.2 Å². The number of halogens is 1. The molecule has 1 aromatic heterocycles. The molecule has 0 saturated carbocycles. The van der Waals surface area contributed by atoms with Crippen molar-refractivity contribution in [2.75, 3.05) is 11.4 Å². The molecule has 5 heteroatoms. The average Bonchev–Trinajstić information content (AvgIpc) is 2.97. The molecule has 0 aliphatic carbocycles. The normalized spacial score (nSPS) is 14.0. The highest BCUT2D eigenvalue weighted by atomic mass is 19.1. The van der Waals surface area contributed by atoms with E-state index in [9.17, 15) is 4.39 Å². The predicted molar refractivity (Wildman–Crippen MR) is 65.5 cm³/mol. The van der Waals surface area contributed by atoms with E-state index < -0.39 is 0 Å². The van der Waals surface area contributed by atoms with Crippen molar-refractivity contribution in [3.8, 4) is 0 Å². The molecule has 0 amide bonds. The van der Waals surface area contributed by atoms with Gasteiger partial charge in [-0.3, -0.25) is 0 Å². The van der Waals surface area contributed by atoms with E-state index in [0.29, 0.717) is 13.1 Å². The Labute approximate surface area is 104 Å². The summed E-state index contributed by atoms with van der Waals surface area (Å²) < 4.78 is 18.5. The van der Waals surface area contributed by atoms with Gasteiger partial charge in [0.15, 0.2) is 5.76 Å². The number of nitrogens with zero attached hydrogens (tertiary/aromatic N) is 2. The fourth-order valence-corrected chi connectivity index (χ4v) is 2.30. The maximum Gasteiger partial charge on any atom is 0.156 e. The smallest absolute Gasteiger partial charge is 0.156 e. The molecule has 3 rings (SSSR count). The Kier molecular flexibility index (Phi) is 2.76. The van der Waals surface area contributed by atoms with E-state index in [0.717, 1.165) is 30.1 Å². The topological polar surface area (TPSA) is 55.3 Å². The Bertz CT molecular complexity index is 567. The van der Waals surface area contributed by atoms with Crippen LogP contribution in [0.5, 0.6) is 0 Å². The summed E-state index contributed by atoms with van der Waals surface area (Å²) in [5, 5.41) is 3.85. The van der Waals surface area contributed by atoms with Crippen LogP contribution < -0.4 is 10.6 Å². The van der Waals surface area contributed by atoms with Gasteiger partial charge in [0.1, 0.15) is 5.82 Å². The summed E-state index contributed by atoms with van der Waals surface area (Å²) in [4.78, 5) is 2.10. The summed E-state index contributed by atoms with van der Waals surface area (Å²) in [5.41, 5.74) is 8.34. The van der Waals surface area contributed by atoms with Crippen molar-refractivity contribution in [2.45, 2.75) is 19.5 Å². The third-order valence-electron chi connectivity index (χ3n) is 3.20. The molecule has 2 aromatic rings. The quantitative estimate of drug-likeness (QED) is 0.899. The molecule has 0 bridgehead atoms. The largest absolute Gasteiger partial charge is 0.363 e. The van der Waals surface area contributed by atoms with Gasteiger partial charge in [-0.1, -0.05) is 11.2 Å². The standard InChI is InChI=1S/C13H14FN3O/c14-10-2-1-9-3-4-17(13(9)5-10)8-12-6-11(7-15)16-18-12/h1-2,5-6H,3-4,7-8,15H2. The molecule has 0 spiro atoms. The van der Waals surface area contributed by atoms with Crippen molar-refractivity contribution >= 4 is 5.69 Å². The van der Waals surface area contributed by atoms with E-state index in [1.54, 1.807) is 6.07 Å². The van der Waals surface area contributed by atoms with Crippen molar-refractivity contribution in [3.05, 3.63) is 47.1 Å². The zero-order valence-electron chi connectivity index (χ0n) is 9.90. The molecular formula is C13H14FN3O. The zero-order valence-corrected chi connectivity index (χ0v) is 9.90. The average molecular weight is 247 g/mol. The highest BCUT2D eigenvalue weighted by Crippen LogP contribution is 2.29. The van der Waals surface area contributed by atoms with Gasteiger partial charge in [-0.05, 0) is 24.1 Å². The Morgan fingerprint density at radius 2 is 2.28 bits per heavy atom. The van der Waals surface area contributed by atoms with Crippen LogP contribution in [0, 0.1) is 5.82 Å². The lowest BCUT2D eigenvalue weighted by atomic mass is 10.2. The van der Waals surface area contributed by atoms with Crippen molar-refractivity contribution in [2.24, 2.45) is 5.73 Å². The van der Waals surface area contributed by atoms with Crippen LogP contribution in [0.2, 0.25) is 0 Å². The van der Waals surface area contributed by atoms with Gasteiger partial charge in [-0.25, -0.2) is 4.39 Å². The second kappa shape index (κ2) is 4.42. The molecule has 2 heterocycles. The van der Waals surface area contributed by atoms with Crippen LogP contribution in [-0.2, 0) is 19.5 Å². The lowest BCUT2D eigenvalue weighted by molar-refractivity contribution is 0.376. The summed E-state index contributed by atoms with van der Waals surface area (Å²) in [6.45, 7) is 1.84. The van der Waals surface area contributed by atoms with E-state index in [4.69, 9.17) is 10.3 Å². The Morgan fingerprint density at radius 1 is 1.39 bits per heavy atom. The second-order valence-electron chi connectivity index (χ2n) is 4.43. The van der Waals surface area contributed by atoms with Crippen molar-refractivity contribution in [1.29, 1.82) is 0 Å². The molecule has 0 saturated heterocycles. The summed E-state index contributed by atoms with van der Waals surface area (Å²) in [5.74, 6) is 0.549. The summed E-state index contributed by atoms with van der Waals surface area (Å²) in [6, 6.07) is 6.76. The first-order valence-corrected chi connectivity index (χ1v) is 5.94. The van der Waals surface area contributed by atoms with E-state index in [-0.39, 0.29) is 5.82 Å². The molecule has 18 heavy (non-hydrogen) atoms. The lowest BCUT2D eigenvalue weighted by Crippen LogP contribution is -2.19. The van der Waals surface area contributed by atoms with Gasteiger partial charge in [0.2, 0.25) is 0 Å². The molecule has 2 N–H and O–H groups in total. The van der Waals surface area contributed by atoms with Crippen LogP contribution in [0.1, 0.15) is 17.0 Å². The van der Waals surface area contributed by atoms with Crippen LogP contribution in [0.25, 0.3) is 0 Å². The first-order chi connectivity index (χ1) is 8.76. The zero-order chi connectivity index (χ0) is 12.5. The molecule has 1 aliphatic heterocycles. The SMILES string of the molecule is NCc1cc(CN2CCc3ccc(F)cc32)on1. The molecule has 94 valence electrons. The molecule has 0 fully saturated rings. The van der Waals surface area contributed by atoms with Crippen LogP contribution in [0.3, 0.4) is 0 Å². The first kappa shape index (κ1) is 11.2. The minimum atomic E-state index is -0.208. The number of rotatable bonds is 3. The fourth-order valence-electron chi connectivity index (χ4n) is 2.30. The van der Waals surface area contributed by atoms with E-state index in [2.05, 4.69) is 10.1 Å². The van der Waals surface area contributed by atoms with Gasteiger partial charge in [-0.15, -0.1) is 0 Å². The third-order valence-corrected chi connectivity index (χ3v) is 3.20. The molecule has 0 unspecified atom stereocenters. The van der Waals surface area contributed by atoms with Gasteiger partial charge >= 0.3 is 0 Å². The molecule has 0 radical (unpaired) electrons. The Hall–Kier alpha value is -1.88. The van der Waals surface area contributed by atoms with Crippen LogP contribution in [-0.4, -0.2) is 11.7 Å². The van der Waals surface area contributed by atoms with E-state index >= 15 is 0 Å². The number of aromatic nitrogens is 1. The van der Waals surface area contributed by atoms with Crippen molar-refractivity contribution in [1.82, 2.24) is 5.16 Å². The number of fused-ring (bicyclic) bond motifs is 1. The number of nitrogens with two attached hydrogens (primary N) is 1. The van der Waals surface area contributed by atoms with Gasteiger partial charge in [0.25, 0.3) is 0 Å². The van der Waals surface area contributed by atoms with Crippen LogP contribution in [0.4, 0.5) is 10.1 Å². The molecule has 1 aliphatic rings. The first-order valence-electron chi connectivity index (χ1n) is 5.94. The molecular weight excluding hydrogens is 233 g/mol. The van der Waals surface area contributed by atoms with Crippen molar-refractivity contribution < 1.29 is 8.91 Å². The lowest BCUT2D eigenvalue weighted by Gasteiger charge is -2.17. The highest BCUT2D eigenvalue weighted by molar-refractivity contribution is 5.58. The van der Waals surface area contributed by atoms with Gasteiger partial charge in [0, 0.05) is 24.8 Å². The number of hydrogen-bond donors (Lipinski definition) is 1. The molecule has 4 nitrogen and oxygen atoms in total. The maximum atomic E-state index is 13.3. The number of hydrogen-bond acceptors (Lipinski definition) is 4. The molecule has 0 atom stereocenters. The Balaban J connectivity index is 1.81. The van der Waals surface area contributed by atoms with E-state index in [1.807, 2.05) is 12.1 Å². The number of anilines is 1. The predicted octanol–water partition coefficient (Wildman–Crippen LogP) is 1.84. The van der Waals surface area contributed by atoms with Crippen LogP contribution >= 0.6 is 0 Å². The van der Waals surface area contributed by atoms with Crippen molar-refractivity contribution in [3.63, 3.8) is 0 Å². The summed E-state index contributed by atoms with van der Waals surface area (Å²) in [6.07, 6.45) is 0.938. The van der Waals surface area contributed by atoms with Crippen LogP contribution in [0.15, 0.2) is 28.8 Å². The molecule has 1 aromatic carbocycles.